The van der Waals surface area contributed by atoms with Crippen LogP contribution >= 0.6 is 0 Å². The van der Waals surface area contributed by atoms with Crippen LogP contribution in [0.4, 0.5) is 0 Å². The van der Waals surface area contributed by atoms with E-state index in [0.717, 1.165) is 5.52 Å². The highest BCUT2D eigenvalue weighted by molar-refractivity contribution is 5.77. The van der Waals surface area contributed by atoms with Crippen LogP contribution < -0.4 is 5.56 Å². The molecule has 0 spiro atoms. The molecule has 0 unspecified atom stereocenters. The van der Waals surface area contributed by atoms with E-state index >= 15 is 0 Å². The van der Waals surface area contributed by atoms with Crippen molar-refractivity contribution in [3.63, 3.8) is 0 Å². The molecule has 0 saturated heterocycles. The topological polar surface area (TPSA) is 48.6 Å². The number of aromatic amines is 2. The van der Waals surface area contributed by atoms with E-state index in [2.05, 4.69) is 10.2 Å². The van der Waals surface area contributed by atoms with Crippen molar-refractivity contribution in [3.05, 3.63) is 34.6 Å². The van der Waals surface area contributed by atoms with Gasteiger partial charge in [-0.2, -0.15) is 0 Å². The second-order valence-electron chi connectivity index (χ2n) is 2.12. The number of para-hydroxylation sites is 1. The summed E-state index contributed by atoms with van der Waals surface area (Å²) in [4.78, 5) is 10.9. The molecular formula is C9H12N2O. The van der Waals surface area contributed by atoms with Crippen LogP contribution in [0.1, 0.15) is 13.8 Å². The summed E-state index contributed by atoms with van der Waals surface area (Å²) in [5, 5.41) is 5.96. The Kier molecular flexibility index (Phi) is 2.69. The van der Waals surface area contributed by atoms with Gasteiger partial charge in [0.1, 0.15) is 0 Å². The van der Waals surface area contributed by atoms with E-state index in [0.29, 0.717) is 5.39 Å². The van der Waals surface area contributed by atoms with Crippen LogP contribution in [0.3, 0.4) is 0 Å². The van der Waals surface area contributed by atoms with Crippen molar-refractivity contribution in [2.24, 2.45) is 0 Å². The third kappa shape index (κ3) is 1.39. The van der Waals surface area contributed by atoms with Gasteiger partial charge < -0.3 is 0 Å². The zero-order chi connectivity index (χ0) is 8.97. The second-order valence-corrected chi connectivity index (χ2v) is 2.12. The lowest BCUT2D eigenvalue weighted by Crippen LogP contribution is -1.96. The molecule has 0 aliphatic heterocycles. The van der Waals surface area contributed by atoms with Crippen molar-refractivity contribution >= 4 is 10.9 Å². The molecule has 0 bridgehead atoms. The Morgan fingerprint density at radius 1 is 1.08 bits per heavy atom. The van der Waals surface area contributed by atoms with E-state index in [1.54, 1.807) is 6.07 Å². The largest absolute Gasteiger partial charge is 0.298 e. The van der Waals surface area contributed by atoms with Crippen molar-refractivity contribution in [1.82, 2.24) is 10.2 Å². The van der Waals surface area contributed by atoms with Crippen molar-refractivity contribution in [3.8, 4) is 0 Å². The lowest BCUT2D eigenvalue weighted by Gasteiger charge is -1.80. The smallest absolute Gasteiger partial charge is 0.271 e. The van der Waals surface area contributed by atoms with E-state index in [1.165, 1.54) is 0 Å². The summed E-state index contributed by atoms with van der Waals surface area (Å²) in [6.07, 6.45) is 0. The fourth-order valence-corrected chi connectivity index (χ4v) is 0.982. The second kappa shape index (κ2) is 3.76. The molecule has 0 saturated carbocycles. The highest BCUT2D eigenvalue weighted by atomic mass is 16.1. The van der Waals surface area contributed by atoms with Crippen molar-refractivity contribution in [2.45, 2.75) is 13.8 Å². The average molecular weight is 164 g/mol. The maximum absolute atomic E-state index is 10.9. The molecule has 0 radical (unpaired) electrons. The van der Waals surface area contributed by atoms with Crippen molar-refractivity contribution in [2.75, 3.05) is 0 Å². The first-order valence-corrected chi connectivity index (χ1v) is 4.03. The molecule has 2 aromatic rings. The van der Waals surface area contributed by atoms with Gasteiger partial charge in [-0.15, -0.1) is 0 Å². The Labute approximate surface area is 70.4 Å². The van der Waals surface area contributed by atoms with Crippen LogP contribution in [0.15, 0.2) is 29.1 Å². The summed E-state index contributed by atoms with van der Waals surface area (Å²) >= 11 is 0. The molecule has 0 atom stereocenters. The monoisotopic (exact) mass is 164 g/mol. The third-order valence-electron chi connectivity index (χ3n) is 1.48. The maximum atomic E-state index is 10.9. The van der Waals surface area contributed by atoms with Gasteiger partial charge in [-0.05, 0) is 12.1 Å². The van der Waals surface area contributed by atoms with Gasteiger partial charge in [0, 0.05) is 0 Å². The number of hydrogen-bond acceptors (Lipinski definition) is 1. The summed E-state index contributed by atoms with van der Waals surface area (Å²) in [5.74, 6) is 0. The minimum absolute atomic E-state index is 0.0596. The number of H-pyrrole nitrogens is 2. The fourth-order valence-electron chi connectivity index (χ4n) is 0.982. The maximum Gasteiger partial charge on any atom is 0.271 e. The standard InChI is InChI=1S/C7H6N2O.C2H6/c10-7-5-3-1-2-4-6(5)8-9-7;1-2/h1-4H,(H2,8,9,10);1-2H3. The predicted molar refractivity (Wildman–Crippen MR) is 50.3 cm³/mol. The van der Waals surface area contributed by atoms with E-state index < -0.39 is 0 Å². The number of benzene rings is 1. The Balaban J connectivity index is 0.000000336. The van der Waals surface area contributed by atoms with Gasteiger partial charge in [-0.1, -0.05) is 26.0 Å². The fraction of sp³-hybridized carbons (Fsp3) is 0.222. The van der Waals surface area contributed by atoms with Crippen LogP contribution in [0.25, 0.3) is 10.9 Å². The normalized spacial score (nSPS) is 9.17. The van der Waals surface area contributed by atoms with Crippen LogP contribution in [0.5, 0.6) is 0 Å². The van der Waals surface area contributed by atoms with E-state index in [1.807, 2.05) is 32.0 Å². The third-order valence-corrected chi connectivity index (χ3v) is 1.48. The number of aromatic nitrogens is 2. The molecule has 0 aliphatic carbocycles. The first kappa shape index (κ1) is 8.59. The zero-order valence-corrected chi connectivity index (χ0v) is 7.22. The molecule has 2 rings (SSSR count). The zero-order valence-electron chi connectivity index (χ0n) is 7.22. The molecule has 1 aromatic heterocycles. The Morgan fingerprint density at radius 2 is 1.75 bits per heavy atom. The van der Waals surface area contributed by atoms with E-state index in [9.17, 15) is 4.79 Å². The highest BCUT2D eigenvalue weighted by Gasteiger charge is 1.95. The Morgan fingerprint density at radius 3 is 2.42 bits per heavy atom. The first-order chi connectivity index (χ1) is 5.88. The van der Waals surface area contributed by atoms with Gasteiger partial charge in [0.05, 0.1) is 10.9 Å². The minimum Gasteiger partial charge on any atom is -0.298 e. The lowest BCUT2D eigenvalue weighted by molar-refractivity contribution is 1.08. The highest BCUT2D eigenvalue weighted by Crippen LogP contribution is 2.02. The predicted octanol–water partition coefficient (Wildman–Crippen LogP) is 1.88. The van der Waals surface area contributed by atoms with Gasteiger partial charge in [0.15, 0.2) is 0 Å². The summed E-state index contributed by atoms with van der Waals surface area (Å²) < 4.78 is 0. The quantitative estimate of drug-likeness (QED) is 0.613. The molecule has 0 amide bonds. The molecule has 0 fully saturated rings. The number of fused-ring (bicyclic) bond motifs is 1. The molecule has 12 heavy (non-hydrogen) atoms. The summed E-state index contributed by atoms with van der Waals surface area (Å²) in [5.41, 5.74) is 0.795. The molecule has 1 heterocycles. The Hall–Kier alpha value is -1.51. The van der Waals surface area contributed by atoms with E-state index in [4.69, 9.17) is 0 Å². The molecular weight excluding hydrogens is 152 g/mol. The summed E-state index contributed by atoms with van der Waals surface area (Å²) in [6.45, 7) is 4.00. The molecule has 3 nitrogen and oxygen atoms in total. The summed E-state index contributed by atoms with van der Waals surface area (Å²) in [6, 6.07) is 7.36. The minimum atomic E-state index is -0.0596. The van der Waals surface area contributed by atoms with Gasteiger partial charge >= 0.3 is 0 Å². The van der Waals surface area contributed by atoms with Crippen molar-refractivity contribution in [1.29, 1.82) is 0 Å². The number of rotatable bonds is 0. The number of hydrogen-bond donors (Lipinski definition) is 2. The summed E-state index contributed by atoms with van der Waals surface area (Å²) in [7, 11) is 0. The van der Waals surface area contributed by atoms with Crippen LogP contribution in [0, 0.1) is 0 Å². The van der Waals surface area contributed by atoms with E-state index in [-0.39, 0.29) is 5.56 Å². The van der Waals surface area contributed by atoms with Crippen LogP contribution in [-0.4, -0.2) is 10.2 Å². The average Bonchev–Trinajstić information content (AvgIpc) is 2.53. The molecule has 64 valence electrons. The van der Waals surface area contributed by atoms with Gasteiger partial charge in [-0.3, -0.25) is 15.0 Å². The van der Waals surface area contributed by atoms with Gasteiger partial charge in [-0.25, -0.2) is 0 Å². The molecule has 0 aliphatic rings. The molecule has 1 aromatic carbocycles. The SMILES string of the molecule is CC.O=c1[nH][nH]c2ccccc12. The molecule has 2 N–H and O–H groups in total. The van der Waals surface area contributed by atoms with Gasteiger partial charge in [0.2, 0.25) is 0 Å². The molecule has 3 heteroatoms. The van der Waals surface area contributed by atoms with Crippen molar-refractivity contribution < 1.29 is 0 Å². The first-order valence-electron chi connectivity index (χ1n) is 4.03. The Bertz CT molecular complexity index is 400. The number of nitrogens with one attached hydrogen (secondary N) is 2. The van der Waals surface area contributed by atoms with Crippen LogP contribution in [0.2, 0.25) is 0 Å². The van der Waals surface area contributed by atoms with Gasteiger partial charge in [0.25, 0.3) is 5.56 Å². The lowest BCUT2D eigenvalue weighted by atomic mass is 10.3. The van der Waals surface area contributed by atoms with Crippen LogP contribution in [-0.2, 0) is 0 Å².